The molecule has 0 bridgehead atoms. The largest absolute Gasteiger partial charge is 0.324 e. The Kier molecular flexibility index (Phi) is 5.61. The standard InChI is InChI=1S/C23H25N5O2/c1-16(2)11-21(28-13-18-5-3-4-6-20(18)23(28)30)22(29)26-19-9-7-17(8-10-19)12-27-15-24-14-25-27/h3-10,14-16,21H,11-13H2,1-2H3,(H,26,29)/t21-/m1/s1. The van der Waals surface area contributed by atoms with Crippen LogP contribution in [-0.4, -0.2) is 37.5 Å². The number of nitrogens with one attached hydrogen (secondary N) is 1. The van der Waals surface area contributed by atoms with Gasteiger partial charge < -0.3 is 10.2 Å². The van der Waals surface area contributed by atoms with Gasteiger partial charge in [0.15, 0.2) is 0 Å². The minimum atomic E-state index is -0.514. The van der Waals surface area contributed by atoms with E-state index in [1.54, 1.807) is 15.9 Å². The minimum absolute atomic E-state index is 0.0745. The van der Waals surface area contributed by atoms with Gasteiger partial charge in [-0.05, 0) is 41.7 Å². The van der Waals surface area contributed by atoms with Gasteiger partial charge in [-0.25, -0.2) is 9.67 Å². The van der Waals surface area contributed by atoms with Gasteiger partial charge in [0.2, 0.25) is 5.91 Å². The van der Waals surface area contributed by atoms with Crippen molar-refractivity contribution in [2.24, 2.45) is 5.92 Å². The summed E-state index contributed by atoms with van der Waals surface area (Å²) in [6.45, 7) is 5.21. The van der Waals surface area contributed by atoms with Crippen molar-refractivity contribution in [3.63, 3.8) is 0 Å². The van der Waals surface area contributed by atoms with E-state index < -0.39 is 6.04 Å². The Morgan fingerprint density at radius 1 is 1.13 bits per heavy atom. The van der Waals surface area contributed by atoms with Crippen LogP contribution in [0.1, 0.15) is 41.8 Å². The predicted molar refractivity (Wildman–Crippen MR) is 114 cm³/mol. The number of aromatic nitrogens is 3. The zero-order chi connectivity index (χ0) is 21.1. The van der Waals surface area contributed by atoms with E-state index in [4.69, 9.17) is 0 Å². The van der Waals surface area contributed by atoms with Gasteiger partial charge in [-0.1, -0.05) is 44.2 Å². The first-order valence-electron chi connectivity index (χ1n) is 10.1. The third-order valence-corrected chi connectivity index (χ3v) is 5.26. The summed E-state index contributed by atoms with van der Waals surface area (Å²) in [5.41, 5.74) is 3.43. The average Bonchev–Trinajstić information content (AvgIpc) is 3.36. The molecule has 3 aromatic rings. The molecule has 0 aliphatic carbocycles. The highest BCUT2D eigenvalue weighted by molar-refractivity contribution is 6.03. The highest BCUT2D eigenvalue weighted by Gasteiger charge is 2.36. The Bertz CT molecular complexity index is 1030. The predicted octanol–water partition coefficient (Wildman–Crippen LogP) is 3.34. The molecule has 30 heavy (non-hydrogen) atoms. The van der Waals surface area contributed by atoms with E-state index in [2.05, 4.69) is 29.2 Å². The van der Waals surface area contributed by atoms with Gasteiger partial charge in [0.05, 0.1) is 6.54 Å². The monoisotopic (exact) mass is 403 g/mol. The Hall–Kier alpha value is -3.48. The number of hydrogen-bond acceptors (Lipinski definition) is 4. The summed E-state index contributed by atoms with van der Waals surface area (Å²) < 4.78 is 1.74. The third kappa shape index (κ3) is 4.25. The smallest absolute Gasteiger partial charge is 0.255 e. The number of nitrogens with zero attached hydrogens (tertiary/aromatic N) is 4. The molecular weight excluding hydrogens is 378 g/mol. The molecule has 2 heterocycles. The fourth-order valence-corrected chi connectivity index (χ4v) is 3.77. The molecular formula is C23H25N5O2. The normalized spacial score (nSPS) is 14.1. The summed E-state index contributed by atoms with van der Waals surface area (Å²) in [5.74, 6) is 0.0470. The maximum atomic E-state index is 13.1. The van der Waals surface area contributed by atoms with Crippen molar-refractivity contribution in [3.05, 3.63) is 77.9 Å². The first-order chi connectivity index (χ1) is 14.5. The molecule has 0 saturated carbocycles. The van der Waals surface area contributed by atoms with Crippen molar-refractivity contribution < 1.29 is 9.59 Å². The Balaban J connectivity index is 1.47. The Morgan fingerprint density at radius 3 is 2.57 bits per heavy atom. The van der Waals surface area contributed by atoms with E-state index in [9.17, 15) is 9.59 Å². The number of carbonyl (C=O) groups is 2. The number of fused-ring (bicyclic) bond motifs is 1. The van der Waals surface area contributed by atoms with Crippen molar-refractivity contribution in [1.29, 1.82) is 0 Å². The van der Waals surface area contributed by atoms with Crippen LogP contribution in [0.3, 0.4) is 0 Å². The number of benzene rings is 2. The zero-order valence-corrected chi connectivity index (χ0v) is 17.2. The fourth-order valence-electron chi connectivity index (χ4n) is 3.77. The summed E-state index contributed by atoms with van der Waals surface area (Å²) in [5, 5.41) is 7.09. The lowest BCUT2D eigenvalue weighted by Gasteiger charge is -2.28. The second-order valence-corrected chi connectivity index (χ2v) is 8.01. The molecule has 2 aromatic carbocycles. The van der Waals surface area contributed by atoms with Gasteiger partial charge in [0.25, 0.3) is 5.91 Å². The van der Waals surface area contributed by atoms with Crippen LogP contribution in [0.2, 0.25) is 0 Å². The van der Waals surface area contributed by atoms with Crippen LogP contribution in [0.4, 0.5) is 5.69 Å². The number of hydrogen-bond donors (Lipinski definition) is 1. The maximum Gasteiger partial charge on any atom is 0.255 e. The molecule has 1 atom stereocenters. The first-order valence-corrected chi connectivity index (χ1v) is 10.1. The highest BCUT2D eigenvalue weighted by atomic mass is 16.2. The van der Waals surface area contributed by atoms with Crippen molar-refractivity contribution >= 4 is 17.5 Å². The molecule has 0 saturated heterocycles. The molecule has 2 amide bonds. The van der Waals surface area contributed by atoms with Crippen LogP contribution in [0.25, 0.3) is 0 Å². The van der Waals surface area contributed by atoms with Crippen LogP contribution in [-0.2, 0) is 17.9 Å². The van der Waals surface area contributed by atoms with Gasteiger partial charge in [-0.2, -0.15) is 5.10 Å². The molecule has 0 spiro atoms. The number of anilines is 1. The van der Waals surface area contributed by atoms with Crippen LogP contribution in [0, 0.1) is 5.92 Å². The third-order valence-electron chi connectivity index (χ3n) is 5.26. The Morgan fingerprint density at radius 2 is 1.90 bits per heavy atom. The molecule has 7 nitrogen and oxygen atoms in total. The molecule has 0 fully saturated rings. The molecule has 7 heteroatoms. The van der Waals surface area contributed by atoms with Crippen LogP contribution in [0.5, 0.6) is 0 Å². The number of rotatable bonds is 7. The molecule has 0 unspecified atom stereocenters. The highest BCUT2D eigenvalue weighted by Crippen LogP contribution is 2.27. The van der Waals surface area contributed by atoms with Crippen LogP contribution >= 0.6 is 0 Å². The first kappa shape index (κ1) is 19.8. The second-order valence-electron chi connectivity index (χ2n) is 8.01. The molecule has 4 rings (SSSR count). The summed E-state index contributed by atoms with van der Waals surface area (Å²) >= 11 is 0. The van der Waals surface area contributed by atoms with Gasteiger partial charge in [0.1, 0.15) is 18.7 Å². The lowest BCUT2D eigenvalue weighted by Crippen LogP contribution is -2.45. The minimum Gasteiger partial charge on any atom is -0.324 e. The van der Waals surface area contributed by atoms with Crippen molar-refractivity contribution in [1.82, 2.24) is 19.7 Å². The van der Waals surface area contributed by atoms with E-state index in [1.165, 1.54) is 6.33 Å². The molecule has 1 aliphatic rings. The van der Waals surface area contributed by atoms with Gasteiger partial charge in [0, 0.05) is 17.8 Å². The lowest BCUT2D eigenvalue weighted by atomic mass is 10.0. The van der Waals surface area contributed by atoms with Crippen LogP contribution in [0.15, 0.2) is 61.2 Å². The molecule has 0 radical (unpaired) electrons. The van der Waals surface area contributed by atoms with Crippen molar-refractivity contribution in [3.8, 4) is 0 Å². The summed E-state index contributed by atoms with van der Waals surface area (Å²) in [4.78, 5) is 31.7. The van der Waals surface area contributed by atoms with E-state index in [-0.39, 0.29) is 17.7 Å². The maximum absolute atomic E-state index is 13.1. The van der Waals surface area contributed by atoms with E-state index in [0.717, 1.165) is 11.1 Å². The quantitative estimate of drug-likeness (QED) is 0.656. The zero-order valence-electron chi connectivity index (χ0n) is 17.2. The van der Waals surface area contributed by atoms with E-state index >= 15 is 0 Å². The van der Waals surface area contributed by atoms with Crippen molar-refractivity contribution in [2.45, 2.75) is 39.4 Å². The Labute approximate surface area is 175 Å². The SMILES string of the molecule is CC(C)C[C@H](C(=O)Nc1ccc(Cn2cncn2)cc1)N1Cc2ccccc2C1=O. The summed E-state index contributed by atoms with van der Waals surface area (Å²) in [7, 11) is 0. The number of amides is 2. The van der Waals surface area contributed by atoms with Gasteiger partial charge in [-0.15, -0.1) is 0 Å². The topological polar surface area (TPSA) is 80.1 Å². The van der Waals surface area contributed by atoms with E-state index in [0.29, 0.717) is 30.8 Å². The second kappa shape index (κ2) is 8.49. The van der Waals surface area contributed by atoms with Gasteiger partial charge in [-0.3, -0.25) is 9.59 Å². The fraction of sp³-hybridized carbons (Fsp3) is 0.304. The molecule has 1 aliphatic heterocycles. The van der Waals surface area contributed by atoms with Crippen molar-refractivity contribution in [2.75, 3.05) is 5.32 Å². The summed E-state index contributed by atoms with van der Waals surface area (Å²) in [6, 6.07) is 14.7. The average molecular weight is 403 g/mol. The molecule has 1 N–H and O–H groups in total. The summed E-state index contributed by atoms with van der Waals surface area (Å²) in [6.07, 6.45) is 3.77. The number of carbonyl (C=O) groups excluding carboxylic acids is 2. The molecule has 1 aromatic heterocycles. The van der Waals surface area contributed by atoms with E-state index in [1.807, 2.05) is 48.5 Å². The lowest BCUT2D eigenvalue weighted by molar-refractivity contribution is -0.121. The molecule has 154 valence electrons. The van der Waals surface area contributed by atoms with Gasteiger partial charge >= 0.3 is 0 Å². The van der Waals surface area contributed by atoms with Crippen LogP contribution < -0.4 is 5.32 Å².